The van der Waals surface area contributed by atoms with Crippen LogP contribution < -0.4 is 19.9 Å². The normalized spacial score (nSPS) is 22.7. The van der Waals surface area contributed by atoms with Crippen LogP contribution in [0.15, 0.2) is 24.4 Å². The van der Waals surface area contributed by atoms with E-state index in [0.29, 0.717) is 19.0 Å². The number of rotatable bonds is 5. The van der Waals surface area contributed by atoms with E-state index in [1.807, 2.05) is 13.8 Å². The van der Waals surface area contributed by atoms with Gasteiger partial charge in [0.25, 0.3) is 0 Å². The van der Waals surface area contributed by atoms with E-state index in [9.17, 15) is 14.7 Å². The number of nitrogens with one attached hydrogen (secondary N) is 1. The lowest BCUT2D eigenvalue weighted by Gasteiger charge is -2.35. The molecular weight excluding hydrogens is 432 g/mol. The predicted octanol–water partition coefficient (Wildman–Crippen LogP) is 1.73. The minimum Gasteiger partial charge on any atom is -0.477 e. The summed E-state index contributed by atoms with van der Waals surface area (Å²) < 4.78 is 16.9. The molecular formula is C21H24N6O6. The Kier molecular flexibility index (Phi) is 5.25. The molecule has 5 heterocycles. The zero-order valence-corrected chi connectivity index (χ0v) is 18.2. The first-order valence-corrected chi connectivity index (χ1v) is 10.7. The fourth-order valence-corrected chi connectivity index (χ4v) is 4.25. The van der Waals surface area contributed by atoms with Gasteiger partial charge in [0, 0.05) is 25.4 Å². The molecule has 33 heavy (non-hydrogen) atoms. The number of hydrogen-bond acceptors (Lipinski definition) is 9. The van der Waals surface area contributed by atoms with Crippen molar-refractivity contribution in [2.75, 3.05) is 41.4 Å². The number of ether oxygens (including phenoxy) is 3. The highest BCUT2D eigenvalue weighted by atomic mass is 16.7. The number of fused-ring (bicyclic) bond motifs is 4. The number of anilines is 3. The predicted molar refractivity (Wildman–Crippen MR) is 116 cm³/mol. The topological polar surface area (TPSA) is 139 Å². The summed E-state index contributed by atoms with van der Waals surface area (Å²) >= 11 is 0. The minimum absolute atomic E-state index is 0.0674. The molecule has 2 bridgehead atoms. The number of aromatic nitrogens is 3. The Bertz CT molecular complexity index is 1090. The van der Waals surface area contributed by atoms with Crippen molar-refractivity contribution in [2.24, 2.45) is 0 Å². The third-order valence-electron chi connectivity index (χ3n) is 5.72. The second-order valence-electron chi connectivity index (χ2n) is 8.51. The van der Waals surface area contributed by atoms with E-state index in [0.717, 1.165) is 18.7 Å². The molecule has 2 fully saturated rings. The van der Waals surface area contributed by atoms with E-state index in [1.165, 1.54) is 17.2 Å². The van der Waals surface area contributed by atoms with E-state index in [2.05, 4.69) is 25.2 Å². The van der Waals surface area contributed by atoms with Gasteiger partial charge in [-0.05, 0) is 32.4 Å². The number of carboxylic acid groups (broad SMARTS) is 1. The van der Waals surface area contributed by atoms with Gasteiger partial charge in [0.2, 0.25) is 11.8 Å². The first-order chi connectivity index (χ1) is 15.8. The number of pyridine rings is 1. The number of urea groups is 1. The lowest BCUT2D eigenvalue weighted by Crippen LogP contribution is -2.48. The number of amides is 2. The van der Waals surface area contributed by atoms with Crippen molar-refractivity contribution in [3.63, 3.8) is 0 Å². The summed E-state index contributed by atoms with van der Waals surface area (Å²) in [6.07, 6.45) is 2.00. The van der Waals surface area contributed by atoms with Crippen LogP contribution in [0.3, 0.4) is 0 Å². The molecule has 12 heteroatoms. The van der Waals surface area contributed by atoms with Crippen molar-refractivity contribution in [3.05, 3.63) is 30.1 Å². The van der Waals surface area contributed by atoms with Gasteiger partial charge >= 0.3 is 12.0 Å². The summed E-state index contributed by atoms with van der Waals surface area (Å²) in [7, 11) is 0. The number of carboxylic acids is 1. The maximum atomic E-state index is 13.2. The third-order valence-corrected chi connectivity index (χ3v) is 5.72. The van der Waals surface area contributed by atoms with Gasteiger partial charge in [-0.2, -0.15) is 4.98 Å². The first kappa shape index (κ1) is 21.3. The number of hydrogen-bond donors (Lipinski definition) is 2. The molecule has 12 nitrogen and oxygen atoms in total. The Morgan fingerprint density at radius 3 is 2.91 bits per heavy atom. The lowest BCUT2D eigenvalue weighted by atomic mass is 10.2. The van der Waals surface area contributed by atoms with Gasteiger partial charge in [0.15, 0.2) is 17.3 Å². The van der Waals surface area contributed by atoms with Crippen LogP contribution in [0.25, 0.3) is 0 Å². The highest BCUT2D eigenvalue weighted by Gasteiger charge is 2.41. The molecule has 0 radical (unpaired) electrons. The molecule has 5 rings (SSSR count). The molecule has 2 atom stereocenters. The van der Waals surface area contributed by atoms with Crippen LogP contribution in [0.4, 0.5) is 22.2 Å². The summed E-state index contributed by atoms with van der Waals surface area (Å²) in [6, 6.07) is 4.11. The largest absolute Gasteiger partial charge is 0.477 e. The van der Waals surface area contributed by atoms with Crippen LogP contribution in [0, 0.1) is 0 Å². The van der Waals surface area contributed by atoms with E-state index in [4.69, 9.17) is 14.2 Å². The van der Waals surface area contributed by atoms with Crippen molar-refractivity contribution >= 4 is 29.5 Å². The molecule has 2 N–H and O–H groups in total. The molecule has 3 aliphatic heterocycles. The van der Waals surface area contributed by atoms with Crippen molar-refractivity contribution in [1.29, 1.82) is 0 Å². The Balaban J connectivity index is 1.31. The molecule has 0 spiro atoms. The molecule has 0 aliphatic carbocycles. The molecule has 174 valence electrons. The minimum atomic E-state index is -1.15. The highest BCUT2D eigenvalue weighted by molar-refractivity contribution is 6.04. The summed E-state index contributed by atoms with van der Waals surface area (Å²) in [6.45, 7) is 5.74. The summed E-state index contributed by atoms with van der Waals surface area (Å²) in [5.74, 6) is -1.13. The SMILES string of the molecule is CC1(C)OC[C@H](COc2ccnc(NC(=O)N3c4nc(C(=O)O)ccc4N4CC[C@H]3C4)n2)O1. The molecule has 2 aromatic heterocycles. The summed E-state index contributed by atoms with van der Waals surface area (Å²) in [5.41, 5.74) is 0.602. The van der Waals surface area contributed by atoms with E-state index in [-0.39, 0.29) is 36.3 Å². The monoisotopic (exact) mass is 456 g/mol. The zero-order chi connectivity index (χ0) is 23.2. The van der Waals surface area contributed by atoms with Gasteiger partial charge in [-0.25, -0.2) is 19.6 Å². The number of nitrogens with zero attached hydrogens (tertiary/aromatic N) is 5. The van der Waals surface area contributed by atoms with E-state index in [1.54, 1.807) is 12.1 Å². The summed E-state index contributed by atoms with van der Waals surface area (Å²) in [5, 5.41) is 12.0. The Hall–Kier alpha value is -3.51. The molecule has 0 aromatic carbocycles. The Labute approximate surface area is 189 Å². The van der Waals surface area contributed by atoms with Crippen LogP contribution in [-0.4, -0.2) is 76.3 Å². The van der Waals surface area contributed by atoms with Crippen molar-refractivity contribution < 1.29 is 28.9 Å². The van der Waals surface area contributed by atoms with Crippen LogP contribution in [0.1, 0.15) is 30.8 Å². The average Bonchev–Trinajstić information content (AvgIpc) is 3.35. The first-order valence-electron chi connectivity index (χ1n) is 10.7. The van der Waals surface area contributed by atoms with Crippen molar-refractivity contribution in [3.8, 4) is 5.88 Å². The fourth-order valence-electron chi connectivity index (χ4n) is 4.25. The van der Waals surface area contributed by atoms with Gasteiger partial charge in [-0.3, -0.25) is 10.2 Å². The number of carbonyl (C=O) groups is 2. The number of aromatic carboxylic acids is 1. The molecule has 2 saturated heterocycles. The molecule has 0 saturated carbocycles. The maximum absolute atomic E-state index is 13.2. The van der Waals surface area contributed by atoms with Crippen LogP contribution in [-0.2, 0) is 9.47 Å². The fraction of sp³-hybridized carbons (Fsp3) is 0.476. The smallest absolute Gasteiger partial charge is 0.354 e. The average molecular weight is 456 g/mol. The maximum Gasteiger partial charge on any atom is 0.354 e. The second-order valence-corrected chi connectivity index (χ2v) is 8.51. The Morgan fingerprint density at radius 2 is 2.15 bits per heavy atom. The molecule has 2 amide bonds. The molecule has 0 unspecified atom stereocenters. The van der Waals surface area contributed by atoms with E-state index >= 15 is 0 Å². The highest BCUT2D eigenvalue weighted by Crippen LogP contribution is 2.39. The molecule has 3 aliphatic rings. The standard InChI is InChI=1S/C21H24N6O6/c1-21(2)32-11-13(33-21)10-31-16-5-7-22-19(24-16)25-20(30)27-12-6-8-26(9-12)15-4-3-14(18(28)29)23-17(15)27/h3-5,7,12-13H,6,8-11H2,1-2H3,(H,28,29)(H,22,24,25,30)/t12-,13-/m0/s1. The zero-order valence-electron chi connectivity index (χ0n) is 18.2. The van der Waals surface area contributed by atoms with Crippen molar-refractivity contribution in [1.82, 2.24) is 15.0 Å². The number of carbonyl (C=O) groups excluding carboxylic acids is 1. The van der Waals surface area contributed by atoms with Crippen LogP contribution in [0.2, 0.25) is 0 Å². The van der Waals surface area contributed by atoms with Gasteiger partial charge in [0.1, 0.15) is 12.7 Å². The Morgan fingerprint density at radius 1 is 1.30 bits per heavy atom. The van der Waals surface area contributed by atoms with Gasteiger partial charge in [-0.1, -0.05) is 0 Å². The second kappa shape index (κ2) is 8.12. The molecule has 2 aromatic rings. The van der Waals surface area contributed by atoms with Gasteiger partial charge in [-0.15, -0.1) is 0 Å². The summed E-state index contributed by atoms with van der Waals surface area (Å²) in [4.78, 5) is 40.8. The van der Waals surface area contributed by atoms with Crippen molar-refractivity contribution in [2.45, 2.75) is 38.2 Å². The van der Waals surface area contributed by atoms with Gasteiger partial charge < -0.3 is 24.2 Å². The third kappa shape index (κ3) is 4.26. The van der Waals surface area contributed by atoms with Crippen LogP contribution >= 0.6 is 0 Å². The quantitative estimate of drug-likeness (QED) is 0.684. The lowest BCUT2D eigenvalue weighted by molar-refractivity contribution is -0.141. The van der Waals surface area contributed by atoms with Crippen LogP contribution in [0.5, 0.6) is 5.88 Å². The van der Waals surface area contributed by atoms with E-state index < -0.39 is 17.8 Å². The van der Waals surface area contributed by atoms with Gasteiger partial charge in [0.05, 0.1) is 18.3 Å².